The third-order valence-electron chi connectivity index (χ3n) is 2.14. The summed E-state index contributed by atoms with van der Waals surface area (Å²) < 4.78 is 10.2. The Kier molecular flexibility index (Phi) is 3.55. The van der Waals surface area contributed by atoms with Gasteiger partial charge in [0.05, 0.1) is 20.6 Å². The Morgan fingerprint density at radius 3 is 2.33 bits per heavy atom. The molecule has 0 fully saturated rings. The Morgan fingerprint density at radius 1 is 1.27 bits per heavy atom. The molecule has 1 aromatic rings. The van der Waals surface area contributed by atoms with Gasteiger partial charge in [-0.2, -0.15) is 0 Å². The van der Waals surface area contributed by atoms with Crippen molar-refractivity contribution in [1.29, 1.82) is 0 Å². The lowest BCUT2D eigenvalue weighted by atomic mass is 10.1. The first-order valence-corrected chi connectivity index (χ1v) is 4.51. The average molecular weight is 210 g/mol. The fraction of sp³-hybridized carbons (Fsp3) is 0.364. The lowest BCUT2D eigenvalue weighted by Gasteiger charge is -2.11. The van der Waals surface area contributed by atoms with E-state index in [4.69, 9.17) is 14.6 Å². The molecule has 0 radical (unpaired) electrons. The molecule has 0 unspecified atom stereocenters. The van der Waals surface area contributed by atoms with Gasteiger partial charge in [-0.25, -0.2) is 0 Å². The molecule has 0 bridgehead atoms. The van der Waals surface area contributed by atoms with Crippen molar-refractivity contribution in [3.8, 4) is 11.5 Å². The van der Waals surface area contributed by atoms with Crippen LogP contribution in [-0.4, -0.2) is 25.3 Å². The monoisotopic (exact) mass is 210 g/mol. The molecule has 0 heterocycles. The van der Waals surface area contributed by atoms with Gasteiger partial charge >= 0.3 is 5.97 Å². The van der Waals surface area contributed by atoms with E-state index in [9.17, 15) is 4.79 Å². The Bertz CT molecular complexity index is 371. The highest BCUT2D eigenvalue weighted by molar-refractivity contribution is 5.72. The van der Waals surface area contributed by atoms with Crippen molar-refractivity contribution in [3.63, 3.8) is 0 Å². The number of aliphatic carboxylic acids is 1. The Morgan fingerprint density at radius 2 is 1.87 bits per heavy atom. The van der Waals surface area contributed by atoms with Crippen LogP contribution < -0.4 is 9.47 Å². The van der Waals surface area contributed by atoms with Crippen LogP contribution >= 0.6 is 0 Å². The zero-order valence-electron chi connectivity index (χ0n) is 9.03. The summed E-state index contributed by atoms with van der Waals surface area (Å²) in [6.07, 6.45) is -0.0696. The summed E-state index contributed by atoms with van der Waals surface area (Å²) in [6.45, 7) is 1.88. The lowest BCUT2D eigenvalue weighted by Crippen LogP contribution is -2.03. The van der Waals surface area contributed by atoms with E-state index in [0.29, 0.717) is 17.1 Å². The number of hydrogen-bond donors (Lipinski definition) is 1. The van der Waals surface area contributed by atoms with Gasteiger partial charge in [0.15, 0.2) is 0 Å². The molecule has 1 N–H and O–H groups in total. The van der Waals surface area contributed by atoms with Crippen molar-refractivity contribution in [2.24, 2.45) is 0 Å². The second-order valence-electron chi connectivity index (χ2n) is 3.20. The van der Waals surface area contributed by atoms with Gasteiger partial charge in [-0.3, -0.25) is 4.79 Å². The minimum Gasteiger partial charge on any atom is -0.496 e. The van der Waals surface area contributed by atoms with Crippen LogP contribution in [0, 0.1) is 6.92 Å². The summed E-state index contributed by atoms with van der Waals surface area (Å²) in [5.41, 5.74) is 1.54. The van der Waals surface area contributed by atoms with E-state index in [2.05, 4.69) is 0 Å². The van der Waals surface area contributed by atoms with E-state index in [0.717, 1.165) is 5.56 Å². The first-order chi connectivity index (χ1) is 7.08. The topological polar surface area (TPSA) is 55.8 Å². The van der Waals surface area contributed by atoms with Crippen LogP contribution in [0.3, 0.4) is 0 Å². The number of methoxy groups -OCH3 is 2. The second-order valence-corrected chi connectivity index (χ2v) is 3.20. The van der Waals surface area contributed by atoms with Crippen molar-refractivity contribution < 1.29 is 19.4 Å². The van der Waals surface area contributed by atoms with E-state index in [1.165, 1.54) is 7.11 Å². The Balaban J connectivity index is 3.16. The van der Waals surface area contributed by atoms with Gasteiger partial charge in [0.25, 0.3) is 0 Å². The summed E-state index contributed by atoms with van der Waals surface area (Å²) >= 11 is 0. The molecular formula is C11H14O4. The normalized spacial score (nSPS) is 9.80. The van der Waals surface area contributed by atoms with E-state index in [1.54, 1.807) is 19.2 Å². The van der Waals surface area contributed by atoms with E-state index in [1.807, 2.05) is 6.92 Å². The molecule has 0 aliphatic rings. The summed E-state index contributed by atoms with van der Waals surface area (Å²) in [6, 6.07) is 3.47. The Hall–Kier alpha value is -1.71. The number of hydrogen-bond acceptors (Lipinski definition) is 3. The number of carbonyl (C=O) groups is 1. The maximum Gasteiger partial charge on any atom is 0.307 e. The van der Waals surface area contributed by atoms with Crippen molar-refractivity contribution in [1.82, 2.24) is 0 Å². The molecule has 4 heteroatoms. The van der Waals surface area contributed by atoms with Crippen LogP contribution in [-0.2, 0) is 11.2 Å². The third kappa shape index (κ3) is 2.62. The predicted molar refractivity (Wildman–Crippen MR) is 55.6 cm³/mol. The zero-order valence-corrected chi connectivity index (χ0v) is 9.03. The molecule has 82 valence electrons. The molecule has 1 rings (SSSR count). The quantitative estimate of drug-likeness (QED) is 0.820. The van der Waals surface area contributed by atoms with Crippen molar-refractivity contribution >= 4 is 5.97 Å². The van der Waals surface area contributed by atoms with Crippen LogP contribution in [0.4, 0.5) is 0 Å². The van der Waals surface area contributed by atoms with Crippen LogP contribution in [0.5, 0.6) is 11.5 Å². The van der Waals surface area contributed by atoms with Crippen LogP contribution in [0.2, 0.25) is 0 Å². The molecule has 0 amide bonds. The maximum absolute atomic E-state index is 10.6. The van der Waals surface area contributed by atoms with Gasteiger partial charge in [0.2, 0.25) is 0 Å². The molecule has 0 atom stereocenters. The van der Waals surface area contributed by atoms with E-state index < -0.39 is 5.97 Å². The SMILES string of the molecule is COc1cc(CC(=O)O)c(OC)cc1C. The number of ether oxygens (including phenoxy) is 2. The van der Waals surface area contributed by atoms with Crippen molar-refractivity contribution in [3.05, 3.63) is 23.3 Å². The minimum absolute atomic E-state index is 0.0696. The summed E-state index contributed by atoms with van der Waals surface area (Å²) in [5, 5.41) is 8.72. The zero-order chi connectivity index (χ0) is 11.4. The number of carboxylic acids is 1. The molecule has 0 saturated heterocycles. The molecule has 0 aromatic heterocycles. The van der Waals surface area contributed by atoms with Gasteiger partial charge in [-0.15, -0.1) is 0 Å². The molecule has 1 aromatic carbocycles. The minimum atomic E-state index is -0.890. The molecule has 0 spiro atoms. The van der Waals surface area contributed by atoms with Crippen molar-refractivity contribution in [2.75, 3.05) is 14.2 Å². The molecule has 4 nitrogen and oxygen atoms in total. The van der Waals surface area contributed by atoms with E-state index in [-0.39, 0.29) is 6.42 Å². The highest BCUT2D eigenvalue weighted by Crippen LogP contribution is 2.28. The third-order valence-corrected chi connectivity index (χ3v) is 2.14. The number of carboxylic acid groups (broad SMARTS) is 1. The first kappa shape index (κ1) is 11.4. The van der Waals surface area contributed by atoms with Gasteiger partial charge in [-0.05, 0) is 24.6 Å². The Labute approximate surface area is 88.4 Å². The molecule has 15 heavy (non-hydrogen) atoms. The fourth-order valence-electron chi connectivity index (χ4n) is 1.41. The smallest absolute Gasteiger partial charge is 0.307 e. The largest absolute Gasteiger partial charge is 0.496 e. The average Bonchev–Trinajstić information content (AvgIpc) is 2.19. The fourth-order valence-corrected chi connectivity index (χ4v) is 1.41. The van der Waals surface area contributed by atoms with Crippen LogP contribution in [0.25, 0.3) is 0 Å². The highest BCUT2D eigenvalue weighted by Gasteiger charge is 2.11. The van der Waals surface area contributed by atoms with Crippen LogP contribution in [0.1, 0.15) is 11.1 Å². The number of aryl methyl sites for hydroxylation is 1. The van der Waals surface area contributed by atoms with Gasteiger partial charge < -0.3 is 14.6 Å². The van der Waals surface area contributed by atoms with E-state index >= 15 is 0 Å². The second kappa shape index (κ2) is 4.68. The number of benzene rings is 1. The lowest BCUT2D eigenvalue weighted by molar-refractivity contribution is -0.136. The molecule has 0 saturated carbocycles. The van der Waals surface area contributed by atoms with Crippen LogP contribution in [0.15, 0.2) is 12.1 Å². The molecule has 0 aliphatic carbocycles. The van der Waals surface area contributed by atoms with Gasteiger partial charge in [-0.1, -0.05) is 0 Å². The predicted octanol–water partition coefficient (Wildman–Crippen LogP) is 1.64. The van der Waals surface area contributed by atoms with Crippen molar-refractivity contribution in [2.45, 2.75) is 13.3 Å². The van der Waals surface area contributed by atoms with Gasteiger partial charge in [0.1, 0.15) is 11.5 Å². The maximum atomic E-state index is 10.6. The summed E-state index contributed by atoms with van der Waals surface area (Å²) in [5.74, 6) is 0.363. The molecule has 0 aliphatic heterocycles. The summed E-state index contributed by atoms with van der Waals surface area (Å²) in [7, 11) is 3.08. The van der Waals surface area contributed by atoms with Gasteiger partial charge in [0, 0.05) is 5.56 Å². The highest BCUT2D eigenvalue weighted by atomic mass is 16.5. The number of rotatable bonds is 4. The standard InChI is InChI=1S/C11H14O4/c1-7-4-10(15-3)8(6-11(12)13)5-9(7)14-2/h4-5H,6H2,1-3H3,(H,12,13). The molecular weight excluding hydrogens is 196 g/mol. The summed E-state index contributed by atoms with van der Waals surface area (Å²) in [4.78, 5) is 10.6. The first-order valence-electron chi connectivity index (χ1n) is 4.51.